The largest absolute Gasteiger partial charge is 0.388 e. The molecule has 0 aromatic rings. The van der Waals surface area contributed by atoms with Crippen molar-refractivity contribution in [3.05, 3.63) is 0 Å². The zero-order chi connectivity index (χ0) is 8.59. The summed E-state index contributed by atoms with van der Waals surface area (Å²) in [5, 5.41) is 27.3. The van der Waals surface area contributed by atoms with Gasteiger partial charge < -0.3 is 25.8 Å². The van der Waals surface area contributed by atoms with Crippen LogP contribution < -0.4 is 5.73 Å². The minimum atomic E-state index is -1.21. The number of ether oxygens (including phenoxy) is 1. The quantitative estimate of drug-likeness (QED) is 0.324. The first kappa shape index (κ1) is 8.89. The summed E-state index contributed by atoms with van der Waals surface area (Å²) in [5.74, 6) is 0. The molecule has 66 valence electrons. The minimum Gasteiger partial charge on any atom is -0.388 e. The van der Waals surface area contributed by atoms with Gasteiger partial charge in [-0.25, -0.2) is 0 Å². The van der Waals surface area contributed by atoms with Gasteiger partial charge in [0.15, 0.2) is 0 Å². The second kappa shape index (κ2) is 3.04. The summed E-state index contributed by atoms with van der Waals surface area (Å²) in [6.07, 6.45) is -4.94. The molecular weight excluding hydrogens is 150 g/mol. The third kappa shape index (κ3) is 1.52. The second-order valence-electron chi connectivity index (χ2n) is 2.78. The van der Waals surface area contributed by atoms with Gasteiger partial charge in [0.2, 0.25) is 0 Å². The van der Waals surface area contributed by atoms with E-state index in [9.17, 15) is 0 Å². The fraction of sp³-hybridized carbons (Fsp3) is 1.00. The van der Waals surface area contributed by atoms with Crippen molar-refractivity contribution >= 4 is 0 Å². The van der Waals surface area contributed by atoms with E-state index in [4.69, 9.17) is 25.8 Å². The van der Waals surface area contributed by atoms with Gasteiger partial charge in [0.05, 0.1) is 6.10 Å². The standard InChI is InChI=1S/C6H13NO4/c1-2-3(8)4(9)5(10)6(7)11-2/h2-6,8-10H,7H2,1H3/t2-,3-,4+,5-,6?/m1/s1. The molecule has 1 unspecified atom stereocenters. The molecule has 1 aliphatic heterocycles. The Kier molecular flexibility index (Phi) is 2.46. The summed E-state index contributed by atoms with van der Waals surface area (Å²) in [6, 6.07) is 0. The van der Waals surface area contributed by atoms with Crippen LogP contribution in [0, 0.1) is 0 Å². The normalized spacial score (nSPS) is 52.6. The molecule has 0 amide bonds. The Labute approximate surface area is 64.4 Å². The molecule has 5 heteroatoms. The number of rotatable bonds is 0. The lowest BCUT2D eigenvalue weighted by molar-refractivity contribution is -0.215. The van der Waals surface area contributed by atoms with Crippen LogP contribution in [0.5, 0.6) is 0 Å². The number of hydrogen-bond donors (Lipinski definition) is 4. The van der Waals surface area contributed by atoms with Crippen molar-refractivity contribution in [2.45, 2.75) is 37.6 Å². The van der Waals surface area contributed by atoms with E-state index >= 15 is 0 Å². The van der Waals surface area contributed by atoms with Gasteiger partial charge in [0.25, 0.3) is 0 Å². The fourth-order valence-corrected chi connectivity index (χ4v) is 1.08. The van der Waals surface area contributed by atoms with Crippen LogP contribution in [-0.4, -0.2) is 46.0 Å². The van der Waals surface area contributed by atoms with E-state index in [0.29, 0.717) is 0 Å². The summed E-state index contributed by atoms with van der Waals surface area (Å²) in [5.41, 5.74) is 5.28. The molecule has 1 heterocycles. The highest BCUT2D eigenvalue weighted by Crippen LogP contribution is 2.17. The van der Waals surface area contributed by atoms with Crippen molar-refractivity contribution in [2.24, 2.45) is 5.73 Å². The van der Waals surface area contributed by atoms with Gasteiger partial charge in [0.1, 0.15) is 24.5 Å². The van der Waals surface area contributed by atoms with Crippen LogP contribution in [0.15, 0.2) is 0 Å². The Morgan fingerprint density at radius 2 is 1.64 bits per heavy atom. The molecule has 5 nitrogen and oxygen atoms in total. The number of aliphatic hydroxyl groups is 3. The minimum absolute atomic E-state index is 0.539. The highest BCUT2D eigenvalue weighted by molar-refractivity contribution is 4.87. The Hall–Kier alpha value is -0.200. The topological polar surface area (TPSA) is 95.9 Å². The molecule has 0 bridgehead atoms. The first-order valence-electron chi connectivity index (χ1n) is 3.49. The maximum atomic E-state index is 9.14. The van der Waals surface area contributed by atoms with Gasteiger partial charge >= 0.3 is 0 Å². The lowest BCUT2D eigenvalue weighted by atomic mass is 9.99. The summed E-state index contributed by atoms with van der Waals surface area (Å²) >= 11 is 0. The zero-order valence-electron chi connectivity index (χ0n) is 6.21. The third-order valence-corrected chi connectivity index (χ3v) is 1.89. The molecular formula is C6H13NO4. The van der Waals surface area contributed by atoms with Crippen LogP contribution in [-0.2, 0) is 4.74 Å². The van der Waals surface area contributed by atoms with Crippen molar-refractivity contribution in [1.82, 2.24) is 0 Å². The predicted octanol–water partition coefficient (Wildman–Crippen LogP) is -2.23. The SMILES string of the molecule is C[C@H]1OC(N)[C@H](O)[C@@H](O)[C@@H]1O. The van der Waals surface area contributed by atoms with Gasteiger partial charge in [-0.05, 0) is 6.92 Å². The van der Waals surface area contributed by atoms with Crippen LogP contribution in [0.25, 0.3) is 0 Å². The Morgan fingerprint density at radius 3 is 2.18 bits per heavy atom. The van der Waals surface area contributed by atoms with E-state index in [1.165, 1.54) is 0 Å². The monoisotopic (exact) mass is 163 g/mol. The first-order valence-corrected chi connectivity index (χ1v) is 3.49. The van der Waals surface area contributed by atoms with E-state index in [1.807, 2.05) is 0 Å². The molecule has 1 rings (SSSR count). The molecule has 5 N–H and O–H groups in total. The van der Waals surface area contributed by atoms with Gasteiger partial charge in [-0.1, -0.05) is 0 Å². The van der Waals surface area contributed by atoms with E-state index in [2.05, 4.69) is 0 Å². The fourth-order valence-electron chi connectivity index (χ4n) is 1.08. The molecule has 0 aromatic heterocycles. The van der Waals surface area contributed by atoms with Crippen molar-refractivity contribution < 1.29 is 20.1 Å². The molecule has 0 saturated carbocycles. The van der Waals surface area contributed by atoms with E-state index in [0.717, 1.165) is 0 Å². The maximum Gasteiger partial charge on any atom is 0.135 e. The Balaban J connectivity index is 2.63. The van der Waals surface area contributed by atoms with Crippen molar-refractivity contribution in [1.29, 1.82) is 0 Å². The first-order chi connectivity index (χ1) is 5.04. The van der Waals surface area contributed by atoms with Crippen molar-refractivity contribution in [3.8, 4) is 0 Å². The van der Waals surface area contributed by atoms with Gasteiger partial charge in [-0.2, -0.15) is 0 Å². The summed E-state index contributed by atoms with van der Waals surface area (Å²) in [6.45, 7) is 1.58. The average molecular weight is 163 g/mol. The summed E-state index contributed by atoms with van der Waals surface area (Å²) in [7, 11) is 0. The smallest absolute Gasteiger partial charge is 0.135 e. The van der Waals surface area contributed by atoms with Crippen LogP contribution in [0.3, 0.4) is 0 Å². The molecule has 0 spiro atoms. The second-order valence-corrected chi connectivity index (χ2v) is 2.78. The predicted molar refractivity (Wildman–Crippen MR) is 36.5 cm³/mol. The molecule has 0 aromatic carbocycles. The van der Waals surface area contributed by atoms with E-state index in [-0.39, 0.29) is 0 Å². The lowest BCUT2D eigenvalue weighted by Crippen LogP contribution is -2.59. The van der Waals surface area contributed by atoms with Crippen LogP contribution in [0.2, 0.25) is 0 Å². The van der Waals surface area contributed by atoms with Gasteiger partial charge in [-0.3, -0.25) is 0 Å². The number of nitrogens with two attached hydrogens (primary N) is 1. The van der Waals surface area contributed by atoms with Crippen LogP contribution >= 0.6 is 0 Å². The zero-order valence-corrected chi connectivity index (χ0v) is 6.21. The third-order valence-electron chi connectivity index (χ3n) is 1.89. The lowest BCUT2D eigenvalue weighted by Gasteiger charge is -2.37. The molecule has 5 atom stereocenters. The average Bonchev–Trinajstić information content (AvgIpc) is 1.97. The van der Waals surface area contributed by atoms with Crippen molar-refractivity contribution in [3.63, 3.8) is 0 Å². The molecule has 1 fully saturated rings. The van der Waals surface area contributed by atoms with Gasteiger partial charge in [-0.15, -0.1) is 0 Å². The molecule has 0 radical (unpaired) electrons. The molecule has 1 aliphatic rings. The Morgan fingerprint density at radius 1 is 1.09 bits per heavy atom. The summed E-state index contributed by atoms with van der Waals surface area (Å²) in [4.78, 5) is 0. The Bertz CT molecular complexity index is 129. The molecule has 11 heavy (non-hydrogen) atoms. The molecule has 1 saturated heterocycles. The summed E-state index contributed by atoms with van der Waals surface area (Å²) < 4.78 is 4.90. The number of aliphatic hydroxyl groups excluding tert-OH is 3. The van der Waals surface area contributed by atoms with Crippen molar-refractivity contribution in [2.75, 3.05) is 0 Å². The maximum absolute atomic E-state index is 9.14. The molecule has 0 aliphatic carbocycles. The number of hydrogen-bond acceptors (Lipinski definition) is 5. The van der Waals surface area contributed by atoms with Crippen LogP contribution in [0.1, 0.15) is 6.92 Å². The van der Waals surface area contributed by atoms with Gasteiger partial charge in [0, 0.05) is 0 Å². The highest BCUT2D eigenvalue weighted by atomic mass is 16.5. The van der Waals surface area contributed by atoms with E-state index in [1.54, 1.807) is 6.92 Å². The highest BCUT2D eigenvalue weighted by Gasteiger charge is 2.39. The van der Waals surface area contributed by atoms with Crippen LogP contribution in [0.4, 0.5) is 0 Å². The van der Waals surface area contributed by atoms with E-state index < -0.39 is 30.6 Å².